The molecule has 0 radical (unpaired) electrons. The normalized spacial score (nSPS) is 16.3. The molecule has 0 aromatic carbocycles. The van der Waals surface area contributed by atoms with Gasteiger partial charge in [-0.15, -0.1) is 0 Å². The molecule has 1 aromatic rings. The van der Waals surface area contributed by atoms with Crippen LogP contribution in [0.15, 0.2) is 6.20 Å². The predicted octanol–water partition coefficient (Wildman–Crippen LogP) is 2.66. The highest BCUT2D eigenvalue weighted by atomic mass is 15.3. The number of hydrogen-bond acceptors (Lipinski definition) is 4. The van der Waals surface area contributed by atoms with Crippen LogP contribution < -0.4 is 10.2 Å². The van der Waals surface area contributed by atoms with E-state index in [2.05, 4.69) is 54.9 Å². The Hall–Kier alpha value is -1.16. The van der Waals surface area contributed by atoms with Gasteiger partial charge in [-0.05, 0) is 47.0 Å². The minimum Gasteiger partial charge on any atom is -0.341 e. The van der Waals surface area contributed by atoms with Crippen LogP contribution in [0.4, 0.5) is 5.95 Å². The Balaban J connectivity index is 2.04. The van der Waals surface area contributed by atoms with E-state index in [0.29, 0.717) is 6.04 Å². The van der Waals surface area contributed by atoms with Gasteiger partial charge in [0.05, 0.1) is 0 Å². The molecule has 1 saturated carbocycles. The number of nitrogens with zero attached hydrogens (tertiary/aromatic N) is 3. The average Bonchev–Trinajstić information content (AvgIpc) is 2.23. The molecular weight excluding hydrogens is 236 g/mol. The zero-order chi connectivity index (χ0) is 14.0. The van der Waals surface area contributed by atoms with E-state index in [-0.39, 0.29) is 5.54 Å². The molecule has 19 heavy (non-hydrogen) atoms. The first-order valence-corrected chi connectivity index (χ1v) is 7.17. The van der Waals surface area contributed by atoms with E-state index in [4.69, 9.17) is 0 Å². The second-order valence-corrected chi connectivity index (χ2v) is 6.58. The summed E-state index contributed by atoms with van der Waals surface area (Å²) >= 11 is 0. The van der Waals surface area contributed by atoms with Crippen LogP contribution >= 0.6 is 0 Å². The predicted molar refractivity (Wildman–Crippen MR) is 79.4 cm³/mol. The lowest BCUT2D eigenvalue weighted by Gasteiger charge is -2.34. The van der Waals surface area contributed by atoms with Crippen molar-refractivity contribution in [2.45, 2.75) is 65.1 Å². The van der Waals surface area contributed by atoms with Gasteiger partial charge in [0, 0.05) is 42.6 Å². The van der Waals surface area contributed by atoms with Gasteiger partial charge in [-0.25, -0.2) is 9.97 Å². The monoisotopic (exact) mass is 262 g/mol. The van der Waals surface area contributed by atoms with Crippen LogP contribution in [0.5, 0.6) is 0 Å². The maximum Gasteiger partial charge on any atom is 0.225 e. The van der Waals surface area contributed by atoms with E-state index in [9.17, 15) is 0 Å². The van der Waals surface area contributed by atoms with Crippen LogP contribution in [0.3, 0.4) is 0 Å². The molecule has 0 unspecified atom stereocenters. The van der Waals surface area contributed by atoms with Gasteiger partial charge in [0.2, 0.25) is 5.95 Å². The summed E-state index contributed by atoms with van der Waals surface area (Å²) < 4.78 is 0. The standard InChI is InChI=1S/C15H26N4/c1-11-12(10-17-15(2,3)4)9-16-14(18-11)19(5)13-7-6-8-13/h9,13,17H,6-8,10H2,1-5H3. The molecule has 1 aliphatic carbocycles. The number of anilines is 1. The van der Waals surface area contributed by atoms with Crippen molar-refractivity contribution in [1.29, 1.82) is 0 Å². The first-order chi connectivity index (χ1) is 8.87. The second kappa shape index (κ2) is 5.45. The lowest BCUT2D eigenvalue weighted by molar-refractivity contribution is 0.396. The summed E-state index contributed by atoms with van der Waals surface area (Å²) in [7, 11) is 2.10. The number of aryl methyl sites for hydroxylation is 1. The quantitative estimate of drug-likeness (QED) is 0.905. The van der Waals surface area contributed by atoms with Crippen molar-refractivity contribution in [2.24, 2.45) is 0 Å². The molecule has 0 aliphatic heterocycles. The van der Waals surface area contributed by atoms with Crippen LogP contribution in [0.1, 0.15) is 51.3 Å². The van der Waals surface area contributed by atoms with Crippen molar-refractivity contribution in [3.63, 3.8) is 0 Å². The van der Waals surface area contributed by atoms with E-state index in [1.165, 1.54) is 24.8 Å². The largest absolute Gasteiger partial charge is 0.341 e. The number of aromatic nitrogens is 2. The van der Waals surface area contributed by atoms with Gasteiger partial charge in [-0.1, -0.05) is 0 Å². The molecule has 4 nitrogen and oxygen atoms in total. The van der Waals surface area contributed by atoms with Crippen molar-refractivity contribution >= 4 is 5.95 Å². The van der Waals surface area contributed by atoms with E-state index < -0.39 is 0 Å². The fourth-order valence-corrected chi connectivity index (χ4v) is 2.12. The molecule has 106 valence electrons. The lowest BCUT2D eigenvalue weighted by Crippen LogP contribution is -2.38. The van der Waals surface area contributed by atoms with Crippen LogP contribution in [0, 0.1) is 6.92 Å². The van der Waals surface area contributed by atoms with Crippen molar-refractivity contribution in [3.05, 3.63) is 17.5 Å². The molecule has 1 aliphatic rings. The van der Waals surface area contributed by atoms with Gasteiger partial charge in [-0.2, -0.15) is 0 Å². The SMILES string of the molecule is Cc1nc(N(C)C2CCC2)ncc1CNC(C)(C)C. The average molecular weight is 262 g/mol. The summed E-state index contributed by atoms with van der Waals surface area (Å²) in [5.41, 5.74) is 2.38. The smallest absolute Gasteiger partial charge is 0.225 e. The Bertz CT molecular complexity index is 432. The van der Waals surface area contributed by atoms with Crippen molar-refractivity contribution < 1.29 is 0 Å². The summed E-state index contributed by atoms with van der Waals surface area (Å²) in [5.74, 6) is 0.863. The first kappa shape index (κ1) is 14.3. The van der Waals surface area contributed by atoms with Gasteiger partial charge >= 0.3 is 0 Å². The summed E-state index contributed by atoms with van der Waals surface area (Å²) in [6.07, 6.45) is 5.84. The molecule has 0 saturated heterocycles. The topological polar surface area (TPSA) is 41.1 Å². The van der Waals surface area contributed by atoms with Gasteiger partial charge in [0.1, 0.15) is 0 Å². The first-order valence-electron chi connectivity index (χ1n) is 7.17. The van der Waals surface area contributed by atoms with Gasteiger partial charge < -0.3 is 10.2 Å². The molecule has 0 atom stereocenters. The molecule has 0 amide bonds. The highest BCUT2D eigenvalue weighted by Gasteiger charge is 2.24. The molecule has 1 fully saturated rings. The Morgan fingerprint density at radius 2 is 2.05 bits per heavy atom. The number of rotatable bonds is 4. The molecule has 1 heterocycles. The zero-order valence-electron chi connectivity index (χ0n) is 12.8. The third-order valence-corrected chi connectivity index (χ3v) is 3.82. The minimum absolute atomic E-state index is 0.119. The molecule has 1 aromatic heterocycles. The molecule has 4 heteroatoms. The number of nitrogens with one attached hydrogen (secondary N) is 1. The van der Waals surface area contributed by atoms with E-state index in [1.54, 1.807) is 0 Å². The summed E-state index contributed by atoms with van der Waals surface area (Å²) in [6.45, 7) is 9.40. The fourth-order valence-electron chi connectivity index (χ4n) is 2.12. The van der Waals surface area contributed by atoms with Crippen LogP contribution in [0.25, 0.3) is 0 Å². The van der Waals surface area contributed by atoms with Crippen LogP contribution in [-0.2, 0) is 6.54 Å². The Labute approximate surface area is 116 Å². The van der Waals surface area contributed by atoms with Crippen molar-refractivity contribution in [1.82, 2.24) is 15.3 Å². The highest BCUT2D eigenvalue weighted by molar-refractivity contribution is 5.34. The van der Waals surface area contributed by atoms with Gasteiger partial charge in [0.15, 0.2) is 0 Å². The third kappa shape index (κ3) is 3.66. The zero-order valence-corrected chi connectivity index (χ0v) is 12.8. The maximum absolute atomic E-state index is 4.65. The fraction of sp³-hybridized carbons (Fsp3) is 0.733. The summed E-state index contributed by atoms with van der Waals surface area (Å²) in [5, 5.41) is 3.48. The Kier molecular flexibility index (Phi) is 4.09. The molecule has 0 bridgehead atoms. The minimum atomic E-state index is 0.119. The molecular formula is C15H26N4. The summed E-state index contributed by atoms with van der Waals surface area (Å²) in [4.78, 5) is 11.4. The third-order valence-electron chi connectivity index (χ3n) is 3.82. The maximum atomic E-state index is 4.65. The van der Waals surface area contributed by atoms with Crippen LogP contribution in [-0.4, -0.2) is 28.6 Å². The molecule has 2 rings (SSSR count). The molecule has 0 spiro atoms. The molecule has 1 N–H and O–H groups in total. The van der Waals surface area contributed by atoms with E-state index in [0.717, 1.165) is 18.2 Å². The number of hydrogen-bond donors (Lipinski definition) is 1. The lowest BCUT2D eigenvalue weighted by atomic mass is 9.92. The Morgan fingerprint density at radius 1 is 1.37 bits per heavy atom. The van der Waals surface area contributed by atoms with Crippen molar-refractivity contribution in [3.8, 4) is 0 Å². The van der Waals surface area contributed by atoms with E-state index in [1.807, 2.05) is 6.20 Å². The van der Waals surface area contributed by atoms with E-state index >= 15 is 0 Å². The van der Waals surface area contributed by atoms with Gasteiger partial charge in [-0.3, -0.25) is 0 Å². The van der Waals surface area contributed by atoms with Crippen molar-refractivity contribution in [2.75, 3.05) is 11.9 Å². The Morgan fingerprint density at radius 3 is 2.53 bits per heavy atom. The highest BCUT2D eigenvalue weighted by Crippen LogP contribution is 2.26. The summed E-state index contributed by atoms with van der Waals surface area (Å²) in [6, 6.07) is 0.637. The second-order valence-electron chi connectivity index (χ2n) is 6.58. The van der Waals surface area contributed by atoms with Crippen LogP contribution in [0.2, 0.25) is 0 Å². The van der Waals surface area contributed by atoms with Gasteiger partial charge in [0.25, 0.3) is 0 Å².